The highest BCUT2D eigenvalue weighted by Gasteiger charge is 2.46. The first-order chi connectivity index (χ1) is 14.0. The van der Waals surface area contributed by atoms with Gasteiger partial charge in [0.2, 0.25) is 0 Å². The van der Waals surface area contributed by atoms with E-state index in [-0.39, 0.29) is 29.9 Å². The van der Waals surface area contributed by atoms with Gasteiger partial charge in [0.05, 0.1) is 41.8 Å². The largest absolute Gasteiger partial charge is 0.497 e. The zero-order chi connectivity index (χ0) is 20.5. The number of amidine groups is 1. The van der Waals surface area contributed by atoms with E-state index in [1.807, 2.05) is 30.2 Å². The van der Waals surface area contributed by atoms with Crippen LogP contribution in [0.4, 0.5) is 0 Å². The summed E-state index contributed by atoms with van der Waals surface area (Å²) in [6.45, 7) is 2.24. The smallest absolute Gasteiger partial charge is 0.309 e. The molecule has 0 saturated heterocycles. The van der Waals surface area contributed by atoms with Gasteiger partial charge in [-0.15, -0.1) is 0 Å². The molecule has 0 bridgehead atoms. The maximum Gasteiger partial charge on any atom is 0.309 e. The number of esters is 1. The van der Waals surface area contributed by atoms with Crippen LogP contribution in [-0.4, -0.2) is 36.5 Å². The van der Waals surface area contributed by atoms with E-state index >= 15 is 0 Å². The molecule has 29 heavy (non-hydrogen) atoms. The molecule has 7 heteroatoms. The van der Waals surface area contributed by atoms with Crippen LogP contribution in [0.1, 0.15) is 37.8 Å². The fraction of sp³-hybridized carbons (Fsp3) is 0.455. The Kier molecular flexibility index (Phi) is 5.88. The molecule has 4 rings (SSSR count). The van der Waals surface area contributed by atoms with Crippen molar-refractivity contribution in [1.82, 2.24) is 4.90 Å². The molecule has 2 heterocycles. The number of halogens is 2. The lowest BCUT2D eigenvalue weighted by Gasteiger charge is -2.45. The fourth-order valence-electron chi connectivity index (χ4n) is 4.38. The predicted molar refractivity (Wildman–Crippen MR) is 114 cm³/mol. The molecule has 5 nitrogen and oxygen atoms in total. The van der Waals surface area contributed by atoms with Crippen molar-refractivity contribution in [2.75, 3.05) is 13.7 Å². The summed E-state index contributed by atoms with van der Waals surface area (Å²) in [5, 5.41) is 1.09. The van der Waals surface area contributed by atoms with E-state index in [9.17, 15) is 4.79 Å². The summed E-state index contributed by atoms with van der Waals surface area (Å²) in [6.07, 6.45) is 6.20. The second kappa shape index (κ2) is 8.41. The van der Waals surface area contributed by atoms with E-state index in [1.165, 1.54) is 0 Å². The van der Waals surface area contributed by atoms with Gasteiger partial charge in [-0.2, -0.15) is 0 Å². The van der Waals surface area contributed by atoms with Crippen molar-refractivity contribution in [3.05, 3.63) is 52.2 Å². The molecule has 1 aromatic rings. The van der Waals surface area contributed by atoms with Crippen molar-refractivity contribution in [2.45, 2.75) is 38.3 Å². The highest BCUT2D eigenvalue weighted by molar-refractivity contribution is 6.45. The van der Waals surface area contributed by atoms with Crippen LogP contribution in [0.25, 0.3) is 0 Å². The highest BCUT2D eigenvalue weighted by Crippen LogP contribution is 2.46. The molecule has 0 amide bonds. The number of hydrogen-bond donors (Lipinski definition) is 0. The van der Waals surface area contributed by atoms with Crippen LogP contribution in [0, 0.1) is 11.8 Å². The monoisotopic (exact) mass is 434 g/mol. The van der Waals surface area contributed by atoms with E-state index in [2.05, 4.69) is 12.1 Å². The summed E-state index contributed by atoms with van der Waals surface area (Å²) in [4.78, 5) is 19.3. The molecule has 1 aromatic carbocycles. The molecule has 0 aromatic heterocycles. The highest BCUT2D eigenvalue weighted by atomic mass is 35.5. The lowest BCUT2D eigenvalue weighted by Crippen LogP contribution is -2.47. The Morgan fingerprint density at radius 1 is 1.24 bits per heavy atom. The van der Waals surface area contributed by atoms with Crippen LogP contribution in [0.2, 0.25) is 0 Å². The SMILES string of the molecule is CCOC(=O)C1CCC1C1CC(c2ccc(OC)cc2)N2C=C(Cl)C=C(Cl)C2=N1. The van der Waals surface area contributed by atoms with Crippen molar-refractivity contribution in [1.29, 1.82) is 0 Å². The summed E-state index contributed by atoms with van der Waals surface area (Å²) in [5.41, 5.74) is 1.13. The van der Waals surface area contributed by atoms with E-state index in [0.29, 0.717) is 22.5 Å². The van der Waals surface area contributed by atoms with Gasteiger partial charge in [0.25, 0.3) is 0 Å². The second-order valence-corrected chi connectivity index (χ2v) is 8.40. The van der Waals surface area contributed by atoms with Crippen LogP contribution >= 0.6 is 23.2 Å². The number of rotatable bonds is 5. The van der Waals surface area contributed by atoms with Crippen LogP contribution in [0.15, 0.2) is 51.6 Å². The van der Waals surface area contributed by atoms with E-state index in [4.69, 9.17) is 37.7 Å². The van der Waals surface area contributed by atoms with Gasteiger partial charge < -0.3 is 14.4 Å². The molecule has 2 aliphatic heterocycles. The van der Waals surface area contributed by atoms with Crippen molar-refractivity contribution < 1.29 is 14.3 Å². The number of carbonyl (C=O) groups excluding carboxylic acids is 1. The van der Waals surface area contributed by atoms with Gasteiger partial charge in [-0.3, -0.25) is 9.79 Å². The van der Waals surface area contributed by atoms with Crippen LogP contribution < -0.4 is 4.74 Å². The van der Waals surface area contributed by atoms with Gasteiger partial charge in [0.1, 0.15) is 11.6 Å². The van der Waals surface area contributed by atoms with Crippen molar-refractivity contribution in [3.8, 4) is 5.75 Å². The molecular weight excluding hydrogens is 411 g/mol. The van der Waals surface area contributed by atoms with E-state index in [1.54, 1.807) is 13.2 Å². The Labute approximate surface area is 181 Å². The average Bonchev–Trinajstić information content (AvgIpc) is 2.67. The van der Waals surface area contributed by atoms with Crippen LogP contribution in [0.3, 0.4) is 0 Å². The lowest BCUT2D eigenvalue weighted by atomic mass is 9.68. The van der Waals surface area contributed by atoms with Crippen molar-refractivity contribution >= 4 is 35.0 Å². The van der Waals surface area contributed by atoms with E-state index < -0.39 is 0 Å². The summed E-state index contributed by atoms with van der Waals surface area (Å²) in [5.74, 6) is 1.50. The van der Waals surface area contributed by atoms with Gasteiger partial charge in [-0.25, -0.2) is 0 Å². The number of hydrogen-bond acceptors (Lipinski definition) is 5. The standard InChI is InChI=1S/C22H24Cl2N2O3/c1-3-29-22(27)17-9-8-16(17)19-11-20(13-4-6-15(28-2)7-5-13)26-12-14(23)10-18(24)21(26)25-19/h4-7,10,12,16-17,19-20H,3,8-9,11H2,1-2H3. The van der Waals surface area contributed by atoms with Crippen LogP contribution in [-0.2, 0) is 9.53 Å². The number of benzene rings is 1. The topological polar surface area (TPSA) is 51.1 Å². The van der Waals surface area contributed by atoms with Crippen molar-refractivity contribution in [2.24, 2.45) is 16.8 Å². The number of methoxy groups -OCH3 is 1. The molecule has 1 aliphatic carbocycles. The molecule has 3 aliphatic rings. The Bertz CT molecular complexity index is 879. The zero-order valence-corrected chi connectivity index (χ0v) is 18.0. The van der Waals surface area contributed by atoms with Gasteiger partial charge >= 0.3 is 5.97 Å². The second-order valence-electron chi connectivity index (χ2n) is 7.56. The van der Waals surface area contributed by atoms with Gasteiger partial charge in [0, 0.05) is 6.20 Å². The predicted octanol–water partition coefficient (Wildman–Crippen LogP) is 5.01. The molecule has 0 radical (unpaired) electrons. The number of allylic oxidation sites excluding steroid dienone is 2. The van der Waals surface area contributed by atoms with Gasteiger partial charge in [0.15, 0.2) is 0 Å². The molecule has 4 atom stereocenters. The zero-order valence-electron chi connectivity index (χ0n) is 16.5. The number of carbonyl (C=O) groups is 1. The molecule has 4 unspecified atom stereocenters. The number of aliphatic imine (C=N–C) groups is 1. The maximum absolute atomic E-state index is 12.3. The summed E-state index contributed by atoms with van der Waals surface area (Å²) in [7, 11) is 1.65. The Balaban J connectivity index is 1.66. The summed E-state index contributed by atoms with van der Waals surface area (Å²) in [6, 6.07) is 8.05. The minimum absolute atomic E-state index is 0.00364. The summed E-state index contributed by atoms with van der Waals surface area (Å²) >= 11 is 12.8. The normalized spacial score (nSPS) is 28.4. The minimum atomic E-state index is -0.111. The molecule has 0 spiro atoms. The van der Waals surface area contributed by atoms with Crippen molar-refractivity contribution in [3.63, 3.8) is 0 Å². The quantitative estimate of drug-likeness (QED) is 0.610. The Morgan fingerprint density at radius 2 is 2.00 bits per heavy atom. The molecule has 1 saturated carbocycles. The number of ether oxygens (including phenoxy) is 2. The van der Waals surface area contributed by atoms with Crippen LogP contribution in [0.5, 0.6) is 5.75 Å². The maximum atomic E-state index is 12.3. The lowest BCUT2D eigenvalue weighted by molar-refractivity contribution is -0.155. The molecule has 1 fully saturated rings. The Hall–Kier alpha value is -1.98. The minimum Gasteiger partial charge on any atom is -0.497 e. The first-order valence-corrected chi connectivity index (χ1v) is 10.7. The fourth-order valence-corrected chi connectivity index (χ4v) is 4.91. The Morgan fingerprint density at radius 3 is 2.62 bits per heavy atom. The molecular formula is C22H24Cl2N2O3. The third-order valence-electron chi connectivity index (χ3n) is 5.99. The average molecular weight is 435 g/mol. The number of fused-ring (bicyclic) bond motifs is 1. The van der Waals surface area contributed by atoms with E-state index in [0.717, 1.165) is 30.6 Å². The first kappa shape index (κ1) is 20.3. The number of nitrogens with zero attached hydrogens (tertiary/aromatic N) is 2. The third-order valence-corrected chi connectivity index (χ3v) is 6.47. The summed E-state index contributed by atoms with van der Waals surface area (Å²) < 4.78 is 10.6. The first-order valence-electron chi connectivity index (χ1n) is 9.93. The molecule has 154 valence electrons. The third kappa shape index (κ3) is 3.90. The van der Waals surface area contributed by atoms with Gasteiger partial charge in [-0.05, 0) is 55.9 Å². The van der Waals surface area contributed by atoms with Gasteiger partial charge in [-0.1, -0.05) is 35.3 Å². The molecule has 0 N–H and O–H groups in total.